The molecule has 0 saturated heterocycles. The highest BCUT2D eigenvalue weighted by atomic mass is 15.3. The van der Waals surface area contributed by atoms with Gasteiger partial charge in [-0.1, -0.05) is 44.0 Å². The molecule has 27 heavy (non-hydrogen) atoms. The average Bonchev–Trinajstić information content (AvgIpc) is 3.05. The third-order valence-electron chi connectivity index (χ3n) is 5.07. The zero-order valence-corrected chi connectivity index (χ0v) is 16.6. The van der Waals surface area contributed by atoms with Gasteiger partial charge in [-0.15, -0.1) is 0 Å². The average molecular weight is 357 g/mol. The highest BCUT2D eigenvalue weighted by molar-refractivity contribution is 5.78. The van der Waals surface area contributed by atoms with Gasteiger partial charge >= 0.3 is 0 Å². The SMILES string of the molecule is Cc1c(-n2cc3ccccc3n2)cc(C(C)(C)C)cc1-[n+]1cccnc1C. The quantitative estimate of drug-likeness (QED) is 0.491. The number of aryl methyl sites for hydroxylation is 1. The van der Waals surface area contributed by atoms with Crippen molar-refractivity contribution in [2.75, 3.05) is 0 Å². The molecule has 4 heteroatoms. The Morgan fingerprint density at radius 1 is 1.00 bits per heavy atom. The van der Waals surface area contributed by atoms with Crippen molar-refractivity contribution in [1.29, 1.82) is 0 Å². The van der Waals surface area contributed by atoms with Crippen LogP contribution in [0.3, 0.4) is 0 Å². The van der Waals surface area contributed by atoms with E-state index in [0.29, 0.717) is 0 Å². The minimum Gasteiger partial charge on any atom is -0.239 e. The molecule has 0 N–H and O–H groups in total. The molecule has 0 bridgehead atoms. The second kappa shape index (κ2) is 6.31. The van der Waals surface area contributed by atoms with Crippen molar-refractivity contribution in [2.45, 2.75) is 40.0 Å². The van der Waals surface area contributed by atoms with Gasteiger partial charge in [-0.3, -0.25) is 0 Å². The lowest BCUT2D eigenvalue weighted by Crippen LogP contribution is -2.36. The Bertz CT molecular complexity index is 1100. The van der Waals surface area contributed by atoms with Crippen LogP contribution in [-0.4, -0.2) is 14.8 Å². The zero-order valence-electron chi connectivity index (χ0n) is 16.6. The van der Waals surface area contributed by atoms with Crippen LogP contribution in [0, 0.1) is 13.8 Å². The van der Waals surface area contributed by atoms with Crippen molar-refractivity contribution >= 4 is 10.9 Å². The molecule has 4 nitrogen and oxygen atoms in total. The van der Waals surface area contributed by atoms with Crippen molar-refractivity contribution in [2.24, 2.45) is 0 Å². The number of fused-ring (bicyclic) bond motifs is 1. The number of hydrogen-bond donors (Lipinski definition) is 0. The fourth-order valence-electron chi connectivity index (χ4n) is 3.39. The minimum atomic E-state index is 0.0282. The van der Waals surface area contributed by atoms with E-state index < -0.39 is 0 Å². The summed E-state index contributed by atoms with van der Waals surface area (Å²) in [6.45, 7) is 10.9. The topological polar surface area (TPSA) is 34.6 Å². The first-order chi connectivity index (χ1) is 12.8. The second-order valence-electron chi connectivity index (χ2n) is 8.06. The Hall–Kier alpha value is -3.01. The smallest absolute Gasteiger partial charge is 0.239 e. The number of hydrogen-bond acceptors (Lipinski definition) is 2. The van der Waals surface area contributed by atoms with Crippen molar-refractivity contribution in [3.05, 3.63) is 78.0 Å². The van der Waals surface area contributed by atoms with Crippen LogP contribution in [0.4, 0.5) is 0 Å². The molecule has 0 amide bonds. The van der Waals surface area contributed by atoms with E-state index in [1.165, 1.54) is 11.1 Å². The van der Waals surface area contributed by atoms with E-state index in [0.717, 1.165) is 28.1 Å². The Kier molecular flexibility index (Phi) is 4.06. The van der Waals surface area contributed by atoms with Gasteiger partial charge in [0, 0.05) is 30.1 Å². The van der Waals surface area contributed by atoms with Gasteiger partial charge in [0.2, 0.25) is 0 Å². The summed E-state index contributed by atoms with van der Waals surface area (Å²) >= 11 is 0. The first-order valence-corrected chi connectivity index (χ1v) is 9.28. The number of aromatic nitrogens is 4. The van der Waals surface area contributed by atoms with Crippen LogP contribution in [0.1, 0.15) is 37.7 Å². The summed E-state index contributed by atoms with van der Waals surface area (Å²) in [7, 11) is 0. The lowest BCUT2D eigenvalue weighted by Gasteiger charge is -2.22. The molecule has 2 aromatic carbocycles. The van der Waals surface area contributed by atoms with Crippen LogP contribution in [0.15, 0.2) is 61.1 Å². The third-order valence-corrected chi connectivity index (χ3v) is 5.07. The Morgan fingerprint density at radius 3 is 2.48 bits per heavy atom. The predicted octanol–water partition coefficient (Wildman–Crippen LogP) is 4.61. The molecule has 0 aliphatic rings. The van der Waals surface area contributed by atoms with Gasteiger partial charge in [-0.25, -0.2) is 9.25 Å². The van der Waals surface area contributed by atoms with Gasteiger partial charge in [0.15, 0.2) is 0 Å². The van der Waals surface area contributed by atoms with E-state index in [9.17, 15) is 0 Å². The molecular formula is C23H25N4+. The summed E-state index contributed by atoms with van der Waals surface area (Å²) < 4.78 is 4.16. The van der Waals surface area contributed by atoms with Crippen molar-refractivity contribution in [3.8, 4) is 11.4 Å². The highest BCUT2D eigenvalue weighted by Crippen LogP contribution is 2.30. The molecule has 0 aliphatic carbocycles. The standard InChI is InChI=1S/C23H25N4/c1-16-21(26-12-8-11-24-17(26)2)13-19(23(3,4)5)14-22(16)27-15-18-9-6-7-10-20(18)25-27/h6-15H,1-5H3/q+1. The molecule has 0 aliphatic heterocycles. The minimum absolute atomic E-state index is 0.0282. The summed E-state index contributed by atoms with van der Waals surface area (Å²) in [6.07, 6.45) is 6.00. The van der Waals surface area contributed by atoms with Crippen LogP contribution >= 0.6 is 0 Å². The fraction of sp³-hybridized carbons (Fsp3) is 0.261. The largest absolute Gasteiger partial charge is 0.300 e. The Morgan fingerprint density at radius 2 is 1.78 bits per heavy atom. The molecule has 0 unspecified atom stereocenters. The van der Waals surface area contributed by atoms with Crippen molar-refractivity contribution in [3.63, 3.8) is 0 Å². The van der Waals surface area contributed by atoms with Gasteiger partial charge < -0.3 is 0 Å². The molecule has 0 saturated carbocycles. The lowest BCUT2D eigenvalue weighted by molar-refractivity contribution is -0.606. The highest BCUT2D eigenvalue weighted by Gasteiger charge is 2.22. The van der Waals surface area contributed by atoms with E-state index in [1.54, 1.807) is 0 Å². The number of rotatable bonds is 2. The van der Waals surface area contributed by atoms with Gasteiger partial charge in [0.25, 0.3) is 5.82 Å². The Balaban J connectivity index is 2.01. The summed E-state index contributed by atoms with van der Waals surface area (Å²) in [5, 5.41) is 5.96. The maximum Gasteiger partial charge on any atom is 0.300 e. The molecule has 4 aromatic rings. The van der Waals surface area contributed by atoms with Gasteiger partial charge in [-0.2, -0.15) is 5.10 Å². The molecule has 2 aromatic heterocycles. The molecule has 136 valence electrons. The van der Waals surface area contributed by atoms with Crippen LogP contribution < -0.4 is 4.57 Å². The number of benzene rings is 2. The maximum absolute atomic E-state index is 4.82. The summed E-state index contributed by atoms with van der Waals surface area (Å²) in [5.41, 5.74) is 5.72. The van der Waals surface area contributed by atoms with E-state index in [4.69, 9.17) is 5.10 Å². The Labute approximate surface area is 160 Å². The first kappa shape index (κ1) is 17.4. The van der Waals surface area contributed by atoms with E-state index in [2.05, 4.69) is 73.9 Å². The summed E-state index contributed by atoms with van der Waals surface area (Å²) in [5.74, 6) is 0.961. The van der Waals surface area contributed by atoms with Gasteiger partial charge in [0.05, 0.1) is 11.2 Å². The van der Waals surface area contributed by atoms with Crippen LogP contribution in [0.5, 0.6) is 0 Å². The molecule has 0 spiro atoms. The molecule has 4 rings (SSSR count). The molecular weight excluding hydrogens is 332 g/mol. The zero-order chi connectivity index (χ0) is 19.2. The molecule has 0 fully saturated rings. The normalized spacial score (nSPS) is 11.9. The van der Waals surface area contributed by atoms with Gasteiger partial charge in [-0.05, 0) is 36.1 Å². The first-order valence-electron chi connectivity index (χ1n) is 9.28. The van der Waals surface area contributed by atoms with Crippen molar-refractivity contribution in [1.82, 2.24) is 14.8 Å². The van der Waals surface area contributed by atoms with Crippen molar-refractivity contribution < 1.29 is 4.57 Å². The van der Waals surface area contributed by atoms with E-state index in [1.807, 2.05) is 36.0 Å². The lowest BCUT2D eigenvalue weighted by atomic mass is 9.85. The monoisotopic (exact) mass is 357 g/mol. The third kappa shape index (κ3) is 3.12. The van der Waals surface area contributed by atoms with E-state index >= 15 is 0 Å². The van der Waals surface area contributed by atoms with Gasteiger partial charge in [0.1, 0.15) is 18.1 Å². The molecule has 0 atom stereocenters. The van der Waals surface area contributed by atoms with Crippen LogP contribution in [-0.2, 0) is 5.41 Å². The van der Waals surface area contributed by atoms with Crippen LogP contribution in [0.2, 0.25) is 0 Å². The summed E-state index contributed by atoms with van der Waals surface area (Å²) in [6, 6.07) is 14.7. The second-order valence-corrected chi connectivity index (χ2v) is 8.06. The predicted molar refractivity (Wildman–Crippen MR) is 109 cm³/mol. The fourth-order valence-corrected chi connectivity index (χ4v) is 3.39. The number of nitrogens with zero attached hydrogens (tertiary/aromatic N) is 4. The molecule has 2 heterocycles. The summed E-state index contributed by atoms with van der Waals surface area (Å²) in [4.78, 5) is 4.47. The maximum atomic E-state index is 4.82. The van der Waals surface area contributed by atoms with Crippen LogP contribution in [0.25, 0.3) is 22.3 Å². The molecule has 0 radical (unpaired) electrons. The van der Waals surface area contributed by atoms with E-state index in [-0.39, 0.29) is 5.41 Å².